The van der Waals surface area contributed by atoms with Crippen LogP contribution in [-0.2, 0) is 0 Å². The molecule has 0 amide bonds. The van der Waals surface area contributed by atoms with Gasteiger partial charge in [-0.3, -0.25) is 0 Å². The van der Waals surface area contributed by atoms with Crippen LogP contribution in [0.3, 0.4) is 0 Å². The van der Waals surface area contributed by atoms with Gasteiger partial charge in [0.1, 0.15) is 0 Å². The van der Waals surface area contributed by atoms with Gasteiger partial charge in [-0.2, -0.15) is 11.1 Å². The van der Waals surface area contributed by atoms with Gasteiger partial charge in [-0.25, -0.2) is 0 Å². The van der Waals surface area contributed by atoms with Crippen LogP contribution in [-0.4, -0.2) is 8.83 Å². The van der Waals surface area contributed by atoms with E-state index in [0.717, 1.165) is 0 Å². The monoisotopic (exact) mass is 144 g/mol. The molecule has 0 aliphatic carbocycles. The third-order valence-corrected chi connectivity index (χ3v) is 2.70. The van der Waals surface area contributed by atoms with Crippen LogP contribution in [0.2, 0.25) is 0 Å². The molecule has 0 saturated carbocycles. The highest BCUT2D eigenvalue weighted by Crippen LogP contribution is 1.81. The molecule has 8 heavy (non-hydrogen) atoms. The fourth-order valence-electron chi connectivity index (χ4n) is 0.567. The summed E-state index contributed by atoms with van der Waals surface area (Å²) in [6, 6.07) is 10.2. The summed E-state index contributed by atoms with van der Waals surface area (Å²) in [5, 5.41) is 1.31. The average Bonchev–Trinajstić information content (AvgIpc) is 1.90. The van der Waals surface area contributed by atoms with E-state index in [2.05, 4.69) is 12.1 Å². The van der Waals surface area contributed by atoms with E-state index in [-0.39, 0.29) is 2.85 Å². The Morgan fingerprint density at radius 2 is 1.88 bits per heavy atom. The van der Waals surface area contributed by atoms with Crippen molar-refractivity contribution in [2.45, 2.75) is 0 Å². The highest BCUT2D eigenvalue weighted by Gasteiger charge is 1.83. The summed E-state index contributed by atoms with van der Waals surface area (Å²) < 4.78 is 0. The van der Waals surface area contributed by atoms with Crippen LogP contribution in [0.4, 0.5) is 0 Å². The SMILES string of the molecule is Cl[SiH2]c1ccccc1.[H+].[H+]. The Balaban J connectivity index is 0. The lowest BCUT2D eigenvalue weighted by molar-refractivity contribution is 1.77. The molecule has 1 aromatic rings. The van der Waals surface area contributed by atoms with Crippen molar-refractivity contribution in [3.63, 3.8) is 0 Å². The number of halogens is 1. The summed E-state index contributed by atoms with van der Waals surface area (Å²) in [4.78, 5) is 0. The Bertz CT molecular complexity index is 157. The first kappa shape index (κ1) is 5.86. The Hall–Kier alpha value is -0.273. The van der Waals surface area contributed by atoms with Crippen molar-refractivity contribution in [1.29, 1.82) is 0 Å². The standard InChI is InChI=1S/C6H7ClSi/c7-8-6-4-2-1-3-5-6/h1-5H,8H2/p+2. The molecule has 0 aliphatic rings. The summed E-state index contributed by atoms with van der Waals surface area (Å²) >= 11 is 5.67. The third-order valence-electron chi connectivity index (χ3n) is 0.997. The second-order valence-electron chi connectivity index (χ2n) is 1.62. The molecule has 0 atom stereocenters. The van der Waals surface area contributed by atoms with Crippen LogP contribution in [0.1, 0.15) is 2.85 Å². The fraction of sp³-hybridized carbons (Fsp3) is 0. The molecule has 0 spiro atoms. The quantitative estimate of drug-likeness (QED) is 0.405. The van der Waals surface area contributed by atoms with E-state index < -0.39 is 8.83 Å². The smallest absolute Gasteiger partial charge is 0.170 e. The molecule has 0 heterocycles. The predicted octanol–water partition coefficient (Wildman–Crippen LogP) is 0.859. The van der Waals surface area contributed by atoms with Gasteiger partial charge in [0.05, 0.1) is 0 Å². The zero-order valence-electron chi connectivity index (χ0n) is 6.47. The van der Waals surface area contributed by atoms with Gasteiger partial charge in [0, 0.05) is 0 Å². The van der Waals surface area contributed by atoms with Gasteiger partial charge in [0.2, 0.25) is 0 Å². The van der Waals surface area contributed by atoms with Gasteiger partial charge in [-0.15, -0.1) is 0 Å². The van der Waals surface area contributed by atoms with Crippen LogP contribution < -0.4 is 5.19 Å². The molecule has 0 unspecified atom stereocenters. The second kappa shape index (κ2) is 2.90. The maximum Gasteiger partial charge on any atom is 1.00 e. The molecule has 0 radical (unpaired) electrons. The Labute approximate surface area is 59.0 Å². The zero-order chi connectivity index (χ0) is 5.82. The van der Waals surface area contributed by atoms with Crippen molar-refractivity contribution in [3.05, 3.63) is 30.3 Å². The molecule has 0 aromatic heterocycles. The lowest BCUT2D eigenvalue weighted by Crippen LogP contribution is -2.05. The average molecular weight is 145 g/mol. The van der Waals surface area contributed by atoms with E-state index in [4.69, 9.17) is 11.1 Å². The molecule has 2 heteroatoms. The van der Waals surface area contributed by atoms with E-state index in [9.17, 15) is 0 Å². The van der Waals surface area contributed by atoms with E-state index in [0.29, 0.717) is 0 Å². The van der Waals surface area contributed by atoms with E-state index in [1.54, 1.807) is 0 Å². The molecule has 0 nitrogen and oxygen atoms in total. The summed E-state index contributed by atoms with van der Waals surface area (Å²) in [7, 11) is -0.437. The van der Waals surface area contributed by atoms with Crippen molar-refractivity contribution in [2.75, 3.05) is 0 Å². The minimum atomic E-state index is -0.437. The number of hydrogen-bond donors (Lipinski definition) is 0. The molecule has 0 saturated heterocycles. The molecule has 1 aromatic carbocycles. The van der Waals surface area contributed by atoms with E-state index in [1.807, 2.05) is 18.2 Å². The lowest BCUT2D eigenvalue weighted by Gasteiger charge is -1.87. The van der Waals surface area contributed by atoms with Gasteiger partial charge in [0.25, 0.3) is 0 Å². The summed E-state index contributed by atoms with van der Waals surface area (Å²) in [5.41, 5.74) is 0. The molecule has 1 rings (SSSR count). The first-order chi connectivity index (χ1) is 3.93. The van der Waals surface area contributed by atoms with Gasteiger partial charge < -0.3 is 0 Å². The minimum absolute atomic E-state index is 0. The largest absolute Gasteiger partial charge is 1.00 e. The molecule has 0 fully saturated rings. The highest BCUT2D eigenvalue weighted by molar-refractivity contribution is 7.01. The highest BCUT2D eigenvalue weighted by atomic mass is 35.6. The number of benzene rings is 1. The van der Waals surface area contributed by atoms with Crippen molar-refractivity contribution in [1.82, 2.24) is 0 Å². The third kappa shape index (κ3) is 1.35. The van der Waals surface area contributed by atoms with Crippen molar-refractivity contribution < 1.29 is 2.85 Å². The normalized spacial score (nSPS) is 10.6. The van der Waals surface area contributed by atoms with E-state index >= 15 is 0 Å². The molecule has 0 bridgehead atoms. The minimum Gasteiger partial charge on any atom is -0.170 e. The number of hydrogen-bond acceptors (Lipinski definition) is 0. The maximum absolute atomic E-state index is 5.67. The Morgan fingerprint density at radius 3 is 2.25 bits per heavy atom. The fourth-order valence-corrected chi connectivity index (χ4v) is 1.55. The van der Waals surface area contributed by atoms with Crippen LogP contribution in [0.15, 0.2) is 30.3 Å². The first-order valence-corrected chi connectivity index (χ1v) is 5.38. The predicted molar refractivity (Wildman–Crippen MR) is 42.7 cm³/mol. The second-order valence-corrected chi connectivity index (χ2v) is 3.50. The van der Waals surface area contributed by atoms with Crippen molar-refractivity contribution in [2.24, 2.45) is 0 Å². The van der Waals surface area contributed by atoms with Crippen molar-refractivity contribution >= 4 is 25.1 Å². The summed E-state index contributed by atoms with van der Waals surface area (Å²) in [5.74, 6) is 0. The summed E-state index contributed by atoms with van der Waals surface area (Å²) in [6.45, 7) is 0. The Morgan fingerprint density at radius 1 is 1.25 bits per heavy atom. The van der Waals surface area contributed by atoms with E-state index in [1.165, 1.54) is 5.19 Å². The van der Waals surface area contributed by atoms with Crippen LogP contribution in [0.25, 0.3) is 0 Å². The molecule has 0 aliphatic heterocycles. The Kier molecular flexibility index (Phi) is 2.12. The maximum atomic E-state index is 5.67. The van der Waals surface area contributed by atoms with Gasteiger partial charge in [0.15, 0.2) is 8.83 Å². The van der Waals surface area contributed by atoms with Gasteiger partial charge >= 0.3 is 2.85 Å². The van der Waals surface area contributed by atoms with Gasteiger partial charge in [-0.1, -0.05) is 30.3 Å². The first-order valence-electron chi connectivity index (χ1n) is 2.53. The van der Waals surface area contributed by atoms with Crippen LogP contribution >= 0.6 is 11.1 Å². The number of rotatable bonds is 1. The zero-order valence-corrected chi connectivity index (χ0v) is 6.64. The lowest BCUT2D eigenvalue weighted by atomic mass is 10.4. The molecular formula is C6H9ClSi+2. The molecule has 0 N–H and O–H groups in total. The van der Waals surface area contributed by atoms with Gasteiger partial charge in [-0.05, 0) is 5.19 Å². The molecular weight excluding hydrogens is 136 g/mol. The molecule has 42 valence electrons. The topological polar surface area (TPSA) is 0 Å². The van der Waals surface area contributed by atoms with Crippen molar-refractivity contribution in [3.8, 4) is 0 Å². The summed E-state index contributed by atoms with van der Waals surface area (Å²) in [6.07, 6.45) is 0. The van der Waals surface area contributed by atoms with Crippen LogP contribution in [0, 0.1) is 0 Å². The van der Waals surface area contributed by atoms with Crippen LogP contribution in [0.5, 0.6) is 0 Å².